The molecule has 0 aromatic carbocycles. The number of ether oxygens (including phenoxy) is 1. The summed E-state index contributed by atoms with van der Waals surface area (Å²) in [7, 11) is 1.16. The quantitative estimate of drug-likeness (QED) is 0.0212. The van der Waals surface area contributed by atoms with E-state index < -0.39 is 26.6 Å². The molecular weight excluding hydrogens is 964 g/mol. The monoisotopic (exact) mass is 1080 g/mol. The van der Waals surface area contributed by atoms with Crippen molar-refractivity contribution in [3.63, 3.8) is 0 Å². The number of quaternary nitrogens is 1. The fraction of sp³-hybridized carbons (Fsp3) is 0.758. The number of unbranched alkanes of at least 4 members (excludes halogenated alkanes) is 28. The van der Waals surface area contributed by atoms with Gasteiger partial charge < -0.3 is 28.5 Å². The van der Waals surface area contributed by atoms with E-state index in [4.69, 9.17) is 13.8 Å². The first-order chi connectivity index (χ1) is 36.9. The molecule has 0 heterocycles. The van der Waals surface area contributed by atoms with E-state index >= 15 is 0 Å². The van der Waals surface area contributed by atoms with E-state index in [2.05, 4.69) is 99.0 Å². The number of amides is 1. The number of rotatable bonds is 56. The van der Waals surface area contributed by atoms with Gasteiger partial charge in [-0.3, -0.25) is 14.2 Å². The van der Waals surface area contributed by atoms with Crippen molar-refractivity contribution < 1.29 is 37.3 Å². The molecule has 0 aliphatic carbocycles. The predicted octanol–water partition coefficient (Wildman–Crippen LogP) is 18.8. The van der Waals surface area contributed by atoms with Crippen LogP contribution in [0, 0.1) is 0 Å². The summed E-state index contributed by atoms with van der Waals surface area (Å²) < 4.78 is 30.3. The lowest BCUT2D eigenvalue weighted by Crippen LogP contribution is -2.47. The summed E-state index contributed by atoms with van der Waals surface area (Å²) in [6, 6.07) is -0.907. The molecule has 0 saturated heterocycles. The highest BCUT2D eigenvalue weighted by molar-refractivity contribution is 7.45. The van der Waals surface area contributed by atoms with Crippen LogP contribution in [0.4, 0.5) is 0 Å². The van der Waals surface area contributed by atoms with Gasteiger partial charge in [-0.05, 0) is 109 Å². The van der Waals surface area contributed by atoms with Gasteiger partial charge in [0.05, 0.1) is 33.8 Å². The molecule has 0 aliphatic heterocycles. The molecule has 0 aliphatic rings. The van der Waals surface area contributed by atoms with E-state index in [1.54, 1.807) is 0 Å². The van der Waals surface area contributed by atoms with E-state index in [0.717, 1.165) is 103 Å². The van der Waals surface area contributed by atoms with E-state index in [0.29, 0.717) is 17.4 Å². The number of hydrogen-bond acceptors (Lipinski definition) is 7. The first kappa shape index (κ1) is 73.2. The van der Waals surface area contributed by atoms with Crippen LogP contribution in [0.25, 0.3) is 0 Å². The zero-order valence-corrected chi connectivity index (χ0v) is 51.1. The lowest BCUT2D eigenvalue weighted by atomic mass is 10.0. The average molecular weight is 1080 g/mol. The van der Waals surface area contributed by atoms with Crippen molar-refractivity contribution in [3.05, 3.63) is 85.1 Å². The number of likely N-dealkylation sites (N-methyl/N-ethyl adjacent to an activating group) is 1. The molecule has 0 saturated carbocycles. The third kappa shape index (κ3) is 55.9. The van der Waals surface area contributed by atoms with Gasteiger partial charge in [-0.25, -0.2) is 0 Å². The van der Waals surface area contributed by atoms with Gasteiger partial charge in [-0.15, -0.1) is 0 Å². The minimum absolute atomic E-state index is 0.0315. The Balaban J connectivity index is 5.29. The lowest BCUT2D eigenvalue weighted by molar-refractivity contribution is -0.870. The van der Waals surface area contributed by atoms with Crippen molar-refractivity contribution in [3.8, 4) is 0 Å². The van der Waals surface area contributed by atoms with Gasteiger partial charge in [-0.1, -0.05) is 235 Å². The highest BCUT2D eigenvalue weighted by atomic mass is 31.2. The largest absolute Gasteiger partial charge is 0.756 e. The molecule has 1 amide bonds. The van der Waals surface area contributed by atoms with Crippen LogP contribution in [0.15, 0.2) is 85.1 Å². The Kier molecular flexibility index (Phi) is 53.5. The molecule has 0 aromatic heterocycles. The summed E-state index contributed by atoms with van der Waals surface area (Å²) in [6.45, 7) is 6.76. The van der Waals surface area contributed by atoms with Gasteiger partial charge in [0.1, 0.15) is 19.3 Å². The summed E-state index contributed by atoms with van der Waals surface area (Å²) >= 11 is 0. The second-order valence-corrected chi connectivity index (χ2v) is 23.6. The molecule has 76 heavy (non-hydrogen) atoms. The number of esters is 1. The number of phosphoric ester groups is 1. The zero-order valence-electron chi connectivity index (χ0n) is 50.2. The van der Waals surface area contributed by atoms with Crippen LogP contribution < -0.4 is 10.2 Å². The molecular formula is C66H119N2O7P. The molecule has 0 bridgehead atoms. The Morgan fingerprint density at radius 2 is 0.803 bits per heavy atom. The Morgan fingerprint density at radius 1 is 0.461 bits per heavy atom. The molecule has 1 N–H and O–H groups in total. The third-order valence-electron chi connectivity index (χ3n) is 13.5. The van der Waals surface area contributed by atoms with Gasteiger partial charge in [0.2, 0.25) is 5.91 Å². The van der Waals surface area contributed by atoms with Gasteiger partial charge in [0.15, 0.2) is 0 Å². The third-order valence-corrected chi connectivity index (χ3v) is 14.5. The molecule has 3 unspecified atom stereocenters. The first-order valence-electron chi connectivity index (χ1n) is 31.4. The molecule has 0 aromatic rings. The van der Waals surface area contributed by atoms with Crippen molar-refractivity contribution in [2.24, 2.45) is 0 Å². The topological polar surface area (TPSA) is 114 Å². The van der Waals surface area contributed by atoms with Crippen LogP contribution in [0.1, 0.15) is 271 Å². The molecule has 3 atom stereocenters. The van der Waals surface area contributed by atoms with Crippen molar-refractivity contribution in [1.29, 1.82) is 0 Å². The van der Waals surface area contributed by atoms with E-state index in [1.165, 1.54) is 128 Å². The Bertz CT molecular complexity index is 1580. The number of nitrogens with zero attached hydrogens (tertiary/aromatic N) is 1. The maximum absolute atomic E-state index is 13.5. The number of carbonyl (C=O) groups is 2. The number of carbonyl (C=O) groups excluding carboxylic acids is 2. The normalized spacial score (nSPS) is 14.2. The van der Waals surface area contributed by atoms with Crippen molar-refractivity contribution >= 4 is 19.7 Å². The maximum atomic E-state index is 13.5. The standard InChI is InChI=1S/C66H119N2O7P/c1-7-10-13-16-19-22-25-28-30-32-33-34-35-37-39-41-44-47-50-53-56-59-66(70)75-64(57-54-51-48-45-42-27-24-21-18-15-12-9-3)63(62-74-76(71,72)73-61-60-68(4,5)6)67-65(69)58-55-52-49-46-43-40-38-36-31-29-26-23-20-17-14-11-8-2/h19-20,22-23,28-31,33-34,38,40,54,57,63-64H,7-18,21,24-27,32,35-37,39,41-53,55-56,58-62H2,1-6H3,(H-,67,69,71,72)/b22-19-,23-20-,30-28-,31-29-,34-33-,40-38-,57-54+. The molecule has 0 fully saturated rings. The molecule has 9 nitrogen and oxygen atoms in total. The fourth-order valence-corrected chi connectivity index (χ4v) is 9.38. The van der Waals surface area contributed by atoms with E-state index in [1.807, 2.05) is 33.3 Å². The Hall–Kier alpha value is -2.81. The smallest absolute Gasteiger partial charge is 0.306 e. The fourth-order valence-electron chi connectivity index (χ4n) is 8.65. The van der Waals surface area contributed by atoms with Crippen molar-refractivity contribution in [1.82, 2.24) is 5.32 Å². The molecule has 440 valence electrons. The average Bonchev–Trinajstić information content (AvgIpc) is 3.38. The number of allylic oxidation sites excluding steroid dienone is 13. The van der Waals surface area contributed by atoms with Gasteiger partial charge in [0, 0.05) is 12.8 Å². The molecule has 0 radical (unpaired) electrons. The molecule has 10 heteroatoms. The van der Waals surface area contributed by atoms with Crippen LogP contribution in [-0.2, 0) is 27.9 Å². The van der Waals surface area contributed by atoms with Crippen LogP contribution in [0.3, 0.4) is 0 Å². The lowest BCUT2D eigenvalue weighted by Gasteiger charge is -2.30. The van der Waals surface area contributed by atoms with Gasteiger partial charge >= 0.3 is 5.97 Å². The van der Waals surface area contributed by atoms with Crippen LogP contribution in [-0.4, -0.2) is 69.4 Å². The number of nitrogens with one attached hydrogen (secondary N) is 1. The summed E-state index contributed by atoms with van der Waals surface area (Å²) in [5, 5.41) is 3.01. The zero-order chi connectivity index (χ0) is 55.7. The highest BCUT2D eigenvalue weighted by Crippen LogP contribution is 2.38. The number of hydrogen-bond donors (Lipinski definition) is 1. The SMILES string of the molecule is CCCCC/C=C\C/C=C\C/C=C\CCCCCCCCCCC(=O)OC(/C=C/CCCCCCCCCCCC)C(COP(=O)([O-])OCC[N+](C)(C)C)NC(=O)CCCCCC/C=C\C/C=C\C/C=C\CCCCC. The van der Waals surface area contributed by atoms with E-state index in [9.17, 15) is 19.0 Å². The minimum atomic E-state index is -4.71. The molecule has 0 spiro atoms. The summed E-state index contributed by atoms with van der Waals surface area (Å²) in [5.41, 5.74) is 0. The minimum Gasteiger partial charge on any atom is -0.756 e. The maximum Gasteiger partial charge on any atom is 0.306 e. The Morgan fingerprint density at radius 3 is 1.22 bits per heavy atom. The van der Waals surface area contributed by atoms with Crippen LogP contribution in [0.2, 0.25) is 0 Å². The predicted molar refractivity (Wildman–Crippen MR) is 325 cm³/mol. The second-order valence-electron chi connectivity index (χ2n) is 22.2. The van der Waals surface area contributed by atoms with Crippen molar-refractivity contribution in [2.45, 2.75) is 283 Å². The molecule has 0 rings (SSSR count). The number of phosphoric acid groups is 1. The summed E-state index contributed by atoms with van der Waals surface area (Å²) in [6.07, 6.45) is 72.6. The summed E-state index contributed by atoms with van der Waals surface area (Å²) in [4.78, 5) is 40.0. The second kappa shape index (κ2) is 55.5. The van der Waals surface area contributed by atoms with Crippen LogP contribution in [0.5, 0.6) is 0 Å². The van der Waals surface area contributed by atoms with Crippen LogP contribution >= 0.6 is 7.82 Å². The van der Waals surface area contributed by atoms with Gasteiger partial charge in [0.25, 0.3) is 7.82 Å². The summed E-state index contributed by atoms with van der Waals surface area (Å²) in [5.74, 6) is -0.575. The highest BCUT2D eigenvalue weighted by Gasteiger charge is 2.27. The Labute approximate surface area is 469 Å². The first-order valence-corrected chi connectivity index (χ1v) is 32.9. The van der Waals surface area contributed by atoms with E-state index in [-0.39, 0.29) is 31.3 Å². The van der Waals surface area contributed by atoms with Crippen molar-refractivity contribution in [2.75, 3.05) is 40.9 Å². The van der Waals surface area contributed by atoms with Gasteiger partial charge in [-0.2, -0.15) is 0 Å².